The summed E-state index contributed by atoms with van der Waals surface area (Å²) in [6.07, 6.45) is 4.24. The molecule has 0 bridgehead atoms. The van der Waals surface area contributed by atoms with Gasteiger partial charge in [0.1, 0.15) is 0 Å². The Morgan fingerprint density at radius 1 is 1.11 bits per heavy atom. The Morgan fingerprint density at radius 3 is 2.59 bits per heavy atom. The minimum absolute atomic E-state index is 0.134. The highest BCUT2D eigenvalue weighted by Crippen LogP contribution is 2.39. The Bertz CT molecular complexity index is 649. The summed E-state index contributed by atoms with van der Waals surface area (Å²) < 4.78 is 11.5. The summed E-state index contributed by atoms with van der Waals surface area (Å²) in [5, 5.41) is 1.94. The number of hydrogen-bond acceptors (Lipinski definition) is 5. The molecule has 0 saturated carbocycles. The van der Waals surface area contributed by atoms with E-state index in [1.807, 2.05) is 27.3 Å². The van der Waals surface area contributed by atoms with Gasteiger partial charge in [-0.3, -0.25) is 9.59 Å². The summed E-state index contributed by atoms with van der Waals surface area (Å²) in [6, 6.07) is 3.81. The molecule has 3 fully saturated rings. The Balaban J connectivity index is 1.30. The number of carbonyl (C=O) groups excluding carboxylic acids is 2. The van der Waals surface area contributed by atoms with Gasteiger partial charge >= 0.3 is 0 Å². The van der Waals surface area contributed by atoms with Crippen molar-refractivity contribution >= 4 is 23.2 Å². The van der Waals surface area contributed by atoms with E-state index in [2.05, 4.69) is 0 Å². The van der Waals surface area contributed by atoms with Crippen LogP contribution in [0, 0.1) is 5.92 Å². The van der Waals surface area contributed by atoms with Crippen molar-refractivity contribution in [2.75, 3.05) is 46.0 Å². The van der Waals surface area contributed by atoms with Gasteiger partial charge in [0, 0.05) is 39.2 Å². The van der Waals surface area contributed by atoms with Gasteiger partial charge in [-0.15, -0.1) is 11.3 Å². The highest BCUT2D eigenvalue weighted by molar-refractivity contribution is 7.12. The molecule has 0 aliphatic carbocycles. The number of thiophene rings is 1. The Kier molecular flexibility index (Phi) is 5.80. The molecule has 6 nitrogen and oxygen atoms in total. The summed E-state index contributed by atoms with van der Waals surface area (Å²) in [4.78, 5) is 29.8. The Morgan fingerprint density at radius 2 is 1.89 bits per heavy atom. The number of amides is 2. The first kappa shape index (κ1) is 18.9. The lowest BCUT2D eigenvalue weighted by atomic mass is 9.78. The molecular formula is C20H28N2O4S. The van der Waals surface area contributed by atoms with E-state index in [0.717, 1.165) is 50.3 Å². The number of likely N-dealkylation sites (tertiary alicyclic amines) is 1. The average Bonchev–Trinajstić information content (AvgIpc) is 3.24. The molecule has 7 heteroatoms. The summed E-state index contributed by atoms with van der Waals surface area (Å²) in [7, 11) is 0. The van der Waals surface area contributed by atoms with Gasteiger partial charge in [-0.1, -0.05) is 6.07 Å². The van der Waals surface area contributed by atoms with E-state index < -0.39 is 0 Å². The van der Waals surface area contributed by atoms with E-state index in [0.29, 0.717) is 38.6 Å². The van der Waals surface area contributed by atoms with Gasteiger partial charge in [-0.2, -0.15) is 0 Å². The zero-order chi connectivity index (χ0) is 18.7. The molecule has 2 amide bonds. The maximum atomic E-state index is 12.6. The topological polar surface area (TPSA) is 59.1 Å². The molecule has 3 aliphatic rings. The molecule has 3 saturated heterocycles. The molecular weight excluding hydrogens is 364 g/mol. The molecule has 27 heavy (non-hydrogen) atoms. The van der Waals surface area contributed by atoms with Crippen molar-refractivity contribution in [1.29, 1.82) is 0 Å². The number of hydrogen-bond donors (Lipinski definition) is 0. The second kappa shape index (κ2) is 8.29. The molecule has 1 spiro atoms. The molecule has 4 rings (SSSR count). The van der Waals surface area contributed by atoms with Crippen molar-refractivity contribution in [3.8, 4) is 0 Å². The normalized spacial score (nSPS) is 25.6. The van der Waals surface area contributed by atoms with E-state index in [4.69, 9.17) is 9.47 Å². The lowest BCUT2D eigenvalue weighted by Gasteiger charge is -2.46. The van der Waals surface area contributed by atoms with Crippen molar-refractivity contribution in [3.05, 3.63) is 22.4 Å². The standard InChI is InChI=1S/C20H28N2O4S/c23-18(21-8-11-25-12-9-21)14-16-3-10-26-20(15-16)4-6-22(7-5-20)19(24)17-2-1-13-27-17/h1-2,13,16H,3-12,14-15H2. The zero-order valence-electron chi connectivity index (χ0n) is 15.7. The van der Waals surface area contributed by atoms with Gasteiger partial charge in [0.25, 0.3) is 5.91 Å². The third kappa shape index (κ3) is 4.36. The average molecular weight is 393 g/mol. The lowest BCUT2D eigenvalue weighted by molar-refractivity contribution is -0.143. The van der Waals surface area contributed by atoms with Gasteiger partial charge in [0.15, 0.2) is 0 Å². The third-order valence-corrected chi connectivity index (χ3v) is 6.97. The summed E-state index contributed by atoms with van der Waals surface area (Å²) >= 11 is 1.50. The van der Waals surface area contributed by atoms with Crippen LogP contribution in [0.1, 0.15) is 41.8 Å². The van der Waals surface area contributed by atoms with Gasteiger partial charge in [0.2, 0.25) is 5.91 Å². The molecule has 0 N–H and O–H groups in total. The largest absolute Gasteiger partial charge is 0.378 e. The number of ether oxygens (including phenoxy) is 2. The summed E-state index contributed by atoms with van der Waals surface area (Å²) in [6.45, 7) is 4.93. The zero-order valence-corrected chi connectivity index (χ0v) is 16.5. The second-order valence-electron chi connectivity index (χ2n) is 7.86. The number of morpholine rings is 1. The minimum Gasteiger partial charge on any atom is -0.378 e. The molecule has 148 valence electrons. The summed E-state index contributed by atoms with van der Waals surface area (Å²) in [5.41, 5.74) is -0.152. The number of nitrogens with zero attached hydrogens (tertiary/aromatic N) is 2. The van der Waals surface area contributed by atoms with Crippen LogP contribution in [0.15, 0.2) is 17.5 Å². The van der Waals surface area contributed by atoms with Crippen LogP contribution in [0.3, 0.4) is 0 Å². The first-order valence-corrected chi connectivity index (χ1v) is 10.9. The van der Waals surface area contributed by atoms with Gasteiger partial charge < -0.3 is 19.3 Å². The minimum atomic E-state index is -0.152. The van der Waals surface area contributed by atoms with E-state index in [1.54, 1.807) is 0 Å². The third-order valence-electron chi connectivity index (χ3n) is 6.12. The fourth-order valence-corrected chi connectivity index (χ4v) is 5.20. The van der Waals surface area contributed by atoms with Crippen LogP contribution in [-0.2, 0) is 14.3 Å². The van der Waals surface area contributed by atoms with Gasteiger partial charge in [-0.05, 0) is 43.0 Å². The molecule has 1 atom stereocenters. The van der Waals surface area contributed by atoms with Gasteiger partial charge in [-0.25, -0.2) is 0 Å². The monoisotopic (exact) mass is 392 g/mol. The predicted octanol–water partition coefficient (Wildman–Crippen LogP) is 2.40. The van der Waals surface area contributed by atoms with E-state index in [9.17, 15) is 9.59 Å². The molecule has 1 aromatic rings. The molecule has 3 aliphatic heterocycles. The van der Waals surface area contributed by atoms with E-state index in [1.165, 1.54) is 11.3 Å². The van der Waals surface area contributed by atoms with Crippen LogP contribution in [0.25, 0.3) is 0 Å². The fourth-order valence-electron chi connectivity index (χ4n) is 4.51. The molecule has 0 radical (unpaired) electrons. The van der Waals surface area contributed by atoms with Crippen molar-refractivity contribution in [2.24, 2.45) is 5.92 Å². The number of carbonyl (C=O) groups is 2. The smallest absolute Gasteiger partial charge is 0.263 e. The highest BCUT2D eigenvalue weighted by atomic mass is 32.1. The van der Waals surface area contributed by atoms with Crippen molar-refractivity contribution in [1.82, 2.24) is 9.80 Å². The first-order valence-electron chi connectivity index (χ1n) is 9.97. The van der Waals surface area contributed by atoms with Crippen molar-refractivity contribution < 1.29 is 19.1 Å². The van der Waals surface area contributed by atoms with Crippen LogP contribution in [0.5, 0.6) is 0 Å². The molecule has 0 aromatic carbocycles. The second-order valence-corrected chi connectivity index (χ2v) is 8.80. The maximum absolute atomic E-state index is 12.6. The van der Waals surface area contributed by atoms with Crippen LogP contribution < -0.4 is 0 Å². The van der Waals surface area contributed by atoms with Crippen LogP contribution in [0.4, 0.5) is 0 Å². The molecule has 1 unspecified atom stereocenters. The number of piperidine rings is 1. The quantitative estimate of drug-likeness (QED) is 0.793. The van der Waals surface area contributed by atoms with Crippen LogP contribution in [0.2, 0.25) is 0 Å². The lowest BCUT2D eigenvalue weighted by Crippen LogP contribution is -2.51. The Hall–Kier alpha value is -1.44. The maximum Gasteiger partial charge on any atom is 0.263 e. The highest BCUT2D eigenvalue weighted by Gasteiger charge is 2.42. The molecule has 4 heterocycles. The first-order chi connectivity index (χ1) is 13.2. The summed E-state index contributed by atoms with van der Waals surface area (Å²) in [5.74, 6) is 0.772. The number of rotatable bonds is 3. The van der Waals surface area contributed by atoms with Crippen molar-refractivity contribution in [3.63, 3.8) is 0 Å². The van der Waals surface area contributed by atoms with E-state index >= 15 is 0 Å². The van der Waals surface area contributed by atoms with Gasteiger partial charge in [0.05, 0.1) is 23.7 Å². The van der Waals surface area contributed by atoms with Crippen molar-refractivity contribution in [2.45, 2.75) is 37.7 Å². The Labute approximate surface area is 164 Å². The molecule has 1 aromatic heterocycles. The fraction of sp³-hybridized carbons (Fsp3) is 0.700. The van der Waals surface area contributed by atoms with Crippen LogP contribution >= 0.6 is 11.3 Å². The SMILES string of the molecule is O=C(CC1CCOC2(CCN(C(=O)c3cccs3)CC2)C1)N1CCOCC1. The predicted molar refractivity (Wildman–Crippen MR) is 103 cm³/mol. The van der Waals surface area contributed by atoms with Crippen LogP contribution in [-0.4, -0.2) is 73.2 Å². The van der Waals surface area contributed by atoms with E-state index in [-0.39, 0.29) is 17.4 Å².